The molecule has 176 valence electrons. The third-order valence-electron chi connectivity index (χ3n) is 4.23. The normalized spacial score (nSPS) is 11.7. The maximum Gasteiger partial charge on any atom is 0.416 e. The van der Waals surface area contributed by atoms with Crippen LogP contribution in [0, 0.1) is 11.3 Å². The molecule has 14 heteroatoms. The van der Waals surface area contributed by atoms with Crippen LogP contribution in [0.3, 0.4) is 0 Å². The number of carboxylic acid groups (broad SMARTS) is 1. The predicted molar refractivity (Wildman–Crippen MR) is 110 cm³/mol. The molecule has 0 aliphatic heterocycles. The summed E-state index contributed by atoms with van der Waals surface area (Å²) in [5.41, 5.74) is 4.41. The van der Waals surface area contributed by atoms with Gasteiger partial charge in [-0.25, -0.2) is 4.79 Å². The van der Waals surface area contributed by atoms with Gasteiger partial charge >= 0.3 is 12.3 Å². The molecule has 6 N–H and O–H groups in total. The van der Waals surface area contributed by atoms with E-state index >= 15 is 0 Å². The lowest BCUT2D eigenvalue weighted by molar-refractivity contribution is -0.137. The Morgan fingerprint density at radius 3 is 2.67 bits per heavy atom. The summed E-state index contributed by atoms with van der Waals surface area (Å²) in [6, 6.07) is 4.75. The van der Waals surface area contributed by atoms with Crippen LogP contribution in [0.1, 0.15) is 24.0 Å². The van der Waals surface area contributed by atoms with Crippen LogP contribution in [0.5, 0.6) is 5.88 Å². The smallest absolute Gasteiger partial charge is 0.416 e. The second kappa shape index (κ2) is 10.8. The van der Waals surface area contributed by atoms with Crippen LogP contribution < -0.4 is 26.4 Å². The van der Waals surface area contributed by atoms with E-state index < -0.39 is 29.8 Å². The number of anilines is 3. The molecule has 0 saturated carbocycles. The van der Waals surface area contributed by atoms with Gasteiger partial charge in [-0.3, -0.25) is 4.79 Å². The summed E-state index contributed by atoms with van der Waals surface area (Å²) >= 11 is 0. The molecule has 2 amide bonds. The molecule has 0 bridgehead atoms. The van der Waals surface area contributed by atoms with Gasteiger partial charge in [0.2, 0.25) is 17.7 Å². The van der Waals surface area contributed by atoms with Crippen molar-refractivity contribution in [1.82, 2.24) is 15.3 Å². The number of alkyl halides is 3. The van der Waals surface area contributed by atoms with Crippen molar-refractivity contribution < 1.29 is 32.6 Å². The Bertz CT molecular complexity index is 1060. The van der Waals surface area contributed by atoms with Gasteiger partial charge in [0.1, 0.15) is 12.1 Å². The highest BCUT2D eigenvalue weighted by Gasteiger charge is 2.31. The Balaban J connectivity index is 2.29. The minimum absolute atomic E-state index is 0.00466. The van der Waals surface area contributed by atoms with Crippen molar-refractivity contribution >= 4 is 29.5 Å². The van der Waals surface area contributed by atoms with E-state index in [0.717, 1.165) is 18.2 Å². The molecule has 1 aromatic carbocycles. The predicted octanol–water partition coefficient (Wildman–Crippen LogP) is 2.42. The summed E-state index contributed by atoms with van der Waals surface area (Å²) in [7, 11) is 1.25. The number of methoxy groups -OCH3 is 1. The molecular weight excluding hydrogens is 447 g/mol. The van der Waals surface area contributed by atoms with E-state index in [-0.39, 0.29) is 48.3 Å². The SMILES string of the molecule is COc1nc(N)nc(N[C@@H](CCCNC(=O)O)C(=O)Nc2cccc(C(F)(F)F)c2)c1C#N. The largest absolute Gasteiger partial charge is 0.480 e. The van der Waals surface area contributed by atoms with Crippen molar-refractivity contribution in [3.05, 3.63) is 35.4 Å². The molecule has 1 atom stereocenters. The average molecular weight is 467 g/mol. The van der Waals surface area contributed by atoms with E-state index in [2.05, 4.69) is 25.9 Å². The quantitative estimate of drug-likeness (QED) is 0.347. The molecule has 0 radical (unpaired) electrons. The summed E-state index contributed by atoms with van der Waals surface area (Å²) in [6.07, 6.45) is -5.65. The fraction of sp³-hybridized carbons (Fsp3) is 0.316. The van der Waals surface area contributed by atoms with E-state index in [1.165, 1.54) is 13.2 Å². The third kappa shape index (κ3) is 7.13. The summed E-state index contributed by atoms with van der Waals surface area (Å²) in [5.74, 6) is -1.27. The second-order valence-electron chi connectivity index (χ2n) is 6.57. The molecule has 0 saturated heterocycles. The molecule has 11 nitrogen and oxygen atoms in total. The third-order valence-corrected chi connectivity index (χ3v) is 4.23. The number of nitrogens with one attached hydrogen (secondary N) is 3. The first kappa shape index (κ1) is 25.0. The van der Waals surface area contributed by atoms with Crippen LogP contribution in [0.2, 0.25) is 0 Å². The van der Waals surface area contributed by atoms with Crippen molar-refractivity contribution in [2.45, 2.75) is 25.1 Å². The number of nitrogens with zero attached hydrogens (tertiary/aromatic N) is 3. The summed E-state index contributed by atoms with van der Waals surface area (Å²) < 4.78 is 43.9. The number of hydrogen-bond acceptors (Lipinski definition) is 8. The minimum Gasteiger partial charge on any atom is -0.480 e. The lowest BCUT2D eigenvalue weighted by Gasteiger charge is -2.20. The van der Waals surface area contributed by atoms with Gasteiger partial charge < -0.3 is 31.5 Å². The van der Waals surface area contributed by atoms with Gasteiger partial charge in [0.25, 0.3) is 0 Å². The topological polar surface area (TPSA) is 175 Å². The zero-order valence-electron chi connectivity index (χ0n) is 17.2. The molecule has 2 rings (SSSR count). The summed E-state index contributed by atoms with van der Waals surface area (Å²) in [5, 5.41) is 25.3. The number of carbonyl (C=O) groups excluding carboxylic acids is 1. The molecule has 1 aromatic heterocycles. The number of benzene rings is 1. The lowest BCUT2D eigenvalue weighted by atomic mass is 10.1. The summed E-state index contributed by atoms with van der Waals surface area (Å²) in [6.45, 7) is 0.00466. The lowest BCUT2D eigenvalue weighted by Crippen LogP contribution is -2.36. The Morgan fingerprint density at radius 1 is 1.33 bits per heavy atom. The number of hydrogen-bond donors (Lipinski definition) is 5. The number of halogens is 3. The minimum atomic E-state index is -4.60. The number of nitriles is 1. The van der Waals surface area contributed by atoms with E-state index in [0.29, 0.717) is 0 Å². The van der Waals surface area contributed by atoms with Gasteiger partial charge in [-0.1, -0.05) is 6.07 Å². The van der Waals surface area contributed by atoms with Gasteiger partial charge in [-0.2, -0.15) is 28.4 Å². The number of nitrogens with two attached hydrogens (primary N) is 1. The van der Waals surface area contributed by atoms with Gasteiger partial charge in [0.15, 0.2) is 11.4 Å². The van der Waals surface area contributed by atoms with Gasteiger partial charge in [0.05, 0.1) is 12.7 Å². The van der Waals surface area contributed by atoms with E-state index in [9.17, 15) is 28.0 Å². The van der Waals surface area contributed by atoms with E-state index in [4.69, 9.17) is 15.6 Å². The highest BCUT2D eigenvalue weighted by molar-refractivity contribution is 5.96. The van der Waals surface area contributed by atoms with Crippen molar-refractivity contribution in [2.75, 3.05) is 30.0 Å². The van der Waals surface area contributed by atoms with Crippen LogP contribution in [0.25, 0.3) is 0 Å². The van der Waals surface area contributed by atoms with Gasteiger partial charge in [-0.15, -0.1) is 0 Å². The van der Waals surface area contributed by atoms with Crippen molar-refractivity contribution in [3.63, 3.8) is 0 Å². The van der Waals surface area contributed by atoms with Crippen molar-refractivity contribution in [1.29, 1.82) is 5.26 Å². The van der Waals surface area contributed by atoms with Crippen LogP contribution in [0.4, 0.5) is 35.4 Å². The number of nitrogen functional groups attached to an aromatic ring is 1. The number of aromatic nitrogens is 2. The van der Waals surface area contributed by atoms with Crippen LogP contribution in [-0.2, 0) is 11.0 Å². The molecule has 1 heterocycles. The molecule has 0 aliphatic carbocycles. The van der Waals surface area contributed by atoms with E-state index in [1.54, 1.807) is 0 Å². The average Bonchev–Trinajstić information content (AvgIpc) is 2.74. The molecule has 0 fully saturated rings. The van der Waals surface area contributed by atoms with Gasteiger partial charge in [0, 0.05) is 12.2 Å². The van der Waals surface area contributed by atoms with Crippen LogP contribution >= 0.6 is 0 Å². The Morgan fingerprint density at radius 2 is 2.06 bits per heavy atom. The number of carbonyl (C=O) groups is 2. The fourth-order valence-electron chi connectivity index (χ4n) is 2.75. The number of ether oxygens (including phenoxy) is 1. The van der Waals surface area contributed by atoms with Gasteiger partial charge in [-0.05, 0) is 31.0 Å². The Hall–Kier alpha value is -4.28. The van der Waals surface area contributed by atoms with Crippen molar-refractivity contribution in [2.24, 2.45) is 0 Å². The molecular formula is C19H20F3N7O4. The molecule has 0 unspecified atom stereocenters. The molecule has 0 aliphatic rings. The zero-order valence-corrected chi connectivity index (χ0v) is 17.2. The maximum atomic E-state index is 13.0. The number of amides is 2. The molecule has 33 heavy (non-hydrogen) atoms. The second-order valence-corrected chi connectivity index (χ2v) is 6.57. The Labute approximate surface area is 185 Å². The maximum absolute atomic E-state index is 13.0. The Kier molecular flexibility index (Phi) is 8.21. The molecule has 0 spiro atoms. The highest BCUT2D eigenvalue weighted by atomic mass is 19.4. The first-order valence-corrected chi connectivity index (χ1v) is 9.38. The first-order chi connectivity index (χ1) is 15.5. The highest BCUT2D eigenvalue weighted by Crippen LogP contribution is 2.31. The van der Waals surface area contributed by atoms with Crippen LogP contribution in [-0.4, -0.2) is 46.8 Å². The standard InChI is InChI=1S/C19H20F3N7O4/c1-33-16-12(9-23)14(28-17(24)29-16)27-13(6-3-7-25-18(31)32)15(30)26-11-5-2-4-10(8-11)19(20,21)22/h2,4-5,8,13,25H,3,6-7H2,1H3,(H,26,30)(H,31,32)(H3,24,27,28,29)/t13-/m0/s1. The summed E-state index contributed by atoms with van der Waals surface area (Å²) in [4.78, 5) is 31.2. The van der Waals surface area contributed by atoms with Crippen molar-refractivity contribution in [3.8, 4) is 11.9 Å². The molecule has 2 aromatic rings. The number of rotatable bonds is 9. The monoisotopic (exact) mass is 467 g/mol. The zero-order chi connectivity index (χ0) is 24.6. The van der Waals surface area contributed by atoms with Crippen LogP contribution in [0.15, 0.2) is 24.3 Å². The first-order valence-electron chi connectivity index (χ1n) is 9.38. The van der Waals surface area contributed by atoms with E-state index in [1.807, 2.05) is 6.07 Å². The fourth-order valence-corrected chi connectivity index (χ4v) is 2.75.